The molecule has 0 saturated carbocycles. The van der Waals surface area contributed by atoms with E-state index in [1.165, 1.54) is 23.5 Å². The molecule has 0 atom stereocenters. The molecule has 0 bridgehead atoms. The van der Waals surface area contributed by atoms with Gasteiger partial charge in [-0.2, -0.15) is 0 Å². The maximum atomic E-state index is 13.2. The van der Waals surface area contributed by atoms with E-state index in [0.29, 0.717) is 50.0 Å². The van der Waals surface area contributed by atoms with Crippen LogP contribution in [0.15, 0.2) is 23.6 Å². The summed E-state index contributed by atoms with van der Waals surface area (Å²) < 4.78 is 13.2. The number of amides is 3. The molecule has 2 aromatic rings. The Morgan fingerprint density at radius 3 is 2.53 bits per heavy atom. The number of nitrogens with zero attached hydrogens (tertiary/aromatic N) is 4. The van der Waals surface area contributed by atoms with Crippen LogP contribution in [0.3, 0.4) is 0 Å². The lowest BCUT2D eigenvalue weighted by atomic mass is 10.1. The van der Waals surface area contributed by atoms with Gasteiger partial charge in [-0.3, -0.25) is 19.3 Å². The van der Waals surface area contributed by atoms with Gasteiger partial charge in [-0.1, -0.05) is 11.6 Å². The van der Waals surface area contributed by atoms with E-state index in [0.717, 1.165) is 12.5 Å². The van der Waals surface area contributed by atoms with Gasteiger partial charge in [0.25, 0.3) is 5.91 Å². The molecule has 10 heteroatoms. The Hall–Kier alpha value is -2.52. The number of anilines is 1. The van der Waals surface area contributed by atoms with Gasteiger partial charge in [0, 0.05) is 44.5 Å². The van der Waals surface area contributed by atoms with Gasteiger partial charge in [-0.15, -0.1) is 11.3 Å². The maximum Gasteiger partial charge on any atom is 0.255 e. The number of carbonyl (C=O) groups is 3. The molecule has 7 nitrogen and oxygen atoms in total. The van der Waals surface area contributed by atoms with Crippen molar-refractivity contribution < 1.29 is 18.8 Å². The van der Waals surface area contributed by atoms with Gasteiger partial charge in [0.15, 0.2) is 5.13 Å². The highest BCUT2D eigenvalue weighted by atomic mass is 35.5. The number of halogens is 2. The average Bonchev–Trinajstić information content (AvgIpc) is 3.36. The summed E-state index contributed by atoms with van der Waals surface area (Å²) in [5, 5.41) is 2.54. The lowest BCUT2D eigenvalue weighted by Crippen LogP contribution is -2.51. The normalized spacial score (nSPS) is 17.0. The summed E-state index contributed by atoms with van der Waals surface area (Å²) in [6, 6.07) is 3.70. The fraction of sp³-hybridized carbons (Fsp3) is 0.400. The summed E-state index contributed by atoms with van der Waals surface area (Å²) in [5.41, 5.74) is 0.903. The first-order valence-electron chi connectivity index (χ1n) is 9.69. The number of rotatable bonds is 4. The van der Waals surface area contributed by atoms with Crippen LogP contribution in [0, 0.1) is 5.82 Å². The largest absolute Gasteiger partial charge is 0.339 e. The third-order valence-corrected chi connectivity index (χ3v) is 6.48. The van der Waals surface area contributed by atoms with Crippen molar-refractivity contribution in [1.29, 1.82) is 0 Å². The van der Waals surface area contributed by atoms with Crippen LogP contribution in [-0.4, -0.2) is 65.2 Å². The zero-order valence-electron chi connectivity index (χ0n) is 16.1. The first-order chi connectivity index (χ1) is 14.4. The van der Waals surface area contributed by atoms with Crippen molar-refractivity contribution in [3.05, 3.63) is 45.7 Å². The highest BCUT2D eigenvalue weighted by Gasteiger charge is 2.28. The number of hydrogen-bond acceptors (Lipinski definition) is 5. The van der Waals surface area contributed by atoms with Crippen molar-refractivity contribution >= 4 is 45.8 Å². The van der Waals surface area contributed by atoms with Crippen LogP contribution in [0.5, 0.6) is 0 Å². The van der Waals surface area contributed by atoms with Gasteiger partial charge in [0.2, 0.25) is 11.8 Å². The van der Waals surface area contributed by atoms with Crippen molar-refractivity contribution in [3.8, 4) is 0 Å². The van der Waals surface area contributed by atoms with E-state index < -0.39 is 5.82 Å². The Bertz CT molecular complexity index is 990. The average molecular weight is 451 g/mol. The number of benzene rings is 1. The summed E-state index contributed by atoms with van der Waals surface area (Å²) in [6.45, 7) is 2.25. The summed E-state index contributed by atoms with van der Waals surface area (Å²) in [5.74, 6) is -0.756. The Morgan fingerprint density at radius 1 is 1.13 bits per heavy atom. The molecule has 2 aliphatic rings. The summed E-state index contributed by atoms with van der Waals surface area (Å²) in [6.07, 6.45) is 1.54. The van der Waals surface area contributed by atoms with Crippen LogP contribution in [0.4, 0.5) is 9.52 Å². The fourth-order valence-electron chi connectivity index (χ4n) is 3.61. The monoisotopic (exact) mass is 450 g/mol. The zero-order valence-corrected chi connectivity index (χ0v) is 17.7. The van der Waals surface area contributed by atoms with Gasteiger partial charge in [-0.05, 0) is 24.6 Å². The molecule has 0 radical (unpaired) electrons. The second-order valence-corrected chi connectivity index (χ2v) is 8.49. The lowest BCUT2D eigenvalue weighted by molar-refractivity contribution is -0.132. The first-order valence-corrected chi connectivity index (χ1v) is 10.9. The molecule has 2 fully saturated rings. The van der Waals surface area contributed by atoms with Crippen molar-refractivity contribution in [2.45, 2.75) is 19.3 Å². The van der Waals surface area contributed by atoms with E-state index in [1.54, 1.807) is 14.7 Å². The third kappa shape index (κ3) is 4.32. The van der Waals surface area contributed by atoms with Crippen LogP contribution in [0.25, 0.3) is 0 Å². The minimum absolute atomic E-state index is 0.0634. The predicted octanol–water partition coefficient (Wildman–Crippen LogP) is 2.59. The second-order valence-electron chi connectivity index (χ2n) is 7.24. The fourth-order valence-corrected chi connectivity index (χ4v) is 4.73. The molecule has 0 aliphatic carbocycles. The Kier molecular flexibility index (Phi) is 6.01. The summed E-state index contributed by atoms with van der Waals surface area (Å²) >= 11 is 7.36. The lowest BCUT2D eigenvalue weighted by Gasteiger charge is -2.35. The van der Waals surface area contributed by atoms with E-state index in [2.05, 4.69) is 4.98 Å². The first kappa shape index (κ1) is 20.7. The number of thiazole rings is 1. The maximum absolute atomic E-state index is 13.2. The predicted molar refractivity (Wildman–Crippen MR) is 111 cm³/mol. The van der Waals surface area contributed by atoms with Crippen LogP contribution < -0.4 is 4.90 Å². The smallest absolute Gasteiger partial charge is 0.255 e. The zero-order chi connectivity index (χ0) is 21.3. The molecule has 4 rings (SSSR count). The van der Waals surface area contributed by atoms with Crippen molar-refractivity contribution in [3.63, 3.8) is 0 Å². The number of carbonyl (C=O) groups excluding carboxylic acids is 3. The number of aromatic nitrogens is 1. The summed E-state index contributed by atoms with van der Waals surface area (Å²) in [7, 11) is 0. The van der Waals surface area contributed by atoms with Crippen molar-refractivity contribution in [1.82, 2.24) is 14.8 Å². The SMILES string of the molecule is O=C(Cc1csc(N2CCCC2=O)n1)N1CCN(C(=O)c2ccc(F)cc2Cl)CC1. The molecular formula is C20H20ClFN4O3S. The van der Waals surface area contributed by atoms with E-state index >= 15 is 0 Å². The van der Waals surface area contributed by atoms with E-state index in [-0.39, 0.29) is 34.7 Å². The van der Waals surface area contributed by atoms with Crippen LogP contribution in [-0.2, 0) is 16.0 Å². The summed E-state index contributed by atoms with van der Waals surface area (Å²) in [4.78, 5) is 46.5. The molecule has 158 valence electrons. The highest BCUT2D eigenvalue weighted by Crippen LogP contribution is 2.26. The molecule has 2 saturated heterocycles. The van der Waals surface area contributed by atoms with E-state index in [4.69, 9.17) is 11.6 Å². The molecule has 1 aromatic carbocycles. The van der Waals surface area contributed by atoms with Gasteiger partial charge in [0.05, 0.1) is 22.7 Å². The standard InChI is InChI=1S/C20H20ClFN4O3S/c21-16-10-13(22)3-4-15(16)19(29)25-8-6-24(7-9-25)18(28)11-14-12-30-20(23-14)26-5-1-2-17(26)27/h3-4,10,12H,1-2,5-9,11H2. The molecule has 0 spiro atoms. The molecule has 0 unspecified atom stereocenters. The van der Waals surface area contributed by atoms with Crippen LogP contribution in [0.1, 0.15) is 28.9 Å². The number of piperazine rings is 1. The topological polar surface area (TPSA) is 73.8 Å². The van der Waals surface area contributed by atoms with Crippen LogP contribution >= 0.6 is 22.9 Å². The molecule has 0 N–H and O–H groups in total. The molecule has 1 aromatic heterocycles. The Labute approximate surface area is 182 Å². The minimum Gasteiger partial charge on any atom is -0.339 e. The van der Waals surface area contributed by atoms with Crippen LogP contribution in [0.2, 0.25) is 5.02 Å². The molecule has 3 heterocycles. The third-order valence-electron chi connectivity index (χ3n) is 5.26. The second kappa shape index (κ2) is 8.69. The van der Waals surface area contributed by atoms with E-state index in [9.17, 15) is 18.8 Å². The minimum atomic E-state index is -0.494. The van der Waals surface area contributed by atoms with E-state index in [1.807, 2.05) is 5.38 Å². The van der Waals surface area contributed by atoms with Gasteiger partial charge < -0.3 is 9.80 Å². The molecule has 30 heavy (non-hydrogen) atoms. The van der Waals surface area contributed by atoms with Crippen molar-refractivity contribution in [2.24, 2.45) is 0 Å². The van der Waals surface area contributed by atoms with Crippen molar-refractivity contribution in [2.75, 3.05) is 37.6 Å². The Balaban J connectivity index is 1.32. The Morgan fingerprint density at radius 2 is 1.87 bits per heavy atom. The highest BCUT2D eigenvalue weighted by molar-refractivity contribution is 7.14. The molecule has 3 amide bonds. The quantitative estimate of drug-likeness (QED) is 0.717. The number of hydrogen-bond donors (Lipinski definition) is 0. The van der Waals surface area contributed by atoms with Gasteiger partial charge in [-0.25, -0.2) is 9.37 Å². The van der Waals surface area contributed by atoms with Gasteiger partial charge in [0.1, 0.15) is 5.82 Å². The van der Waals surface area contributed by atoms with Gasteiger partial charge >= 0.3 is 0 Å². The molecular weight excluding hydrogens is 431 g/mol. The molecule has 2 aliphatic heterocycles.